The number of thiocarbonyl (C=S) groups is 1. The molecule has 0 aliphatic carbocycles. The number of aromatic carboxylic acids is 1. The molecule has 6 rings (SSSR count). The number of rotatable bonds is 10. The number of hydrogen-bond acceptors (Lipinski definition) is 12. The Bertz CT molecular complexity index is 1770. The lowest BCUT2D eigenvalue weighted by Gasteiger charge is -2.27. The van der Waals surface area contributed by atoms with Crippen LogP contribution in [0.2, 0.25) is 0 Å². The van der Waals surface area contributed by atoms with Gasteiger partial charge in [-0.05, 0) is 53.8 Å². The number of fused-ring (bicyclic) bond motifs is 1. The number of thioether (sulfide) groups is 1. The van der Waals surface area contributed by atoms with Gasteiger partial charge < -0.3 is 20.3 Å². The highest BCUT2D eigenvalue weighted by Crippen LogP contribution is 2.35. The van der Waals surface area contributed by atoms with Gasteiger partial charge in [0, 0.05) is 48.4 Å². The number of anilines is 1. The van der Waals surface area contributed by atoms with Crippen molar-refractivity contribution < 1.29 is 24.2 Å². The van der Waals surface area contributed by atoms with Gasteiger partial charge in [-0.2, -0.15) is 0 Å². The van der Waals surface area contributed by atoms with Gasteiger partial charge in [0.25, 0.3) is 5.91 Å². The van der Waals surface area contributed by atoms with E-state index in [9.17, 15) is 14.7 Å². The number of morpholine rings is 1. The molecule has 11 nitrogen and oxygen atoms in total. The van der Waals surface area contributed by atoms with Crippen LogP contribution in [0.15, 0.2) is 53.0 Å². The second-order valence-electron chi connectivity index (χ2n) is 10.1. The standard InChI is InChI=1S/C30H28N6O5S3/c31-29-33-15-24-23(34-29)12-19(14-32-24)21-11-22(43-17-21)13-26-27(37)36(30(42)44-26)4-1-7-41-25-3-2-18(28(38)39)10-20(25)16-35-5-8-40-9-6-35/h2-3,10-15,17H,1,4-9,16H2,(H,38,39)(H2,31,33,34). The van der Waals surface area contributed by atoms with Crippen molar-refractivity contribution in [1.82, 2.24) is 24.8 Å². The van der Waals surface area contributed by atoms with Gasteiger partial charge in [0.05, 0.1) is 42.0 Å². The third-order valence-electron chi connectivity index (χ3n) is 7.14. The third-order valence-corrected chi connectivity index (χ3v) is 9.40. The number of thiophene rings is 1. The van der Waals surface area contributed by atoms with Crippen molar-refractivity contribution in [2.75, 3.05) is 45.2 Å². The van der Waals surface area contributed by atoms with Gasteiger partial charge >= 0.3 is 5.97 Å². The number of ether oxygens (including phenoxy) is 2. The molecule has 5 heterocycles. The minimum absolute atomic E-state index is 0.131. The van der Waals surface area contributed by atoms with Crippen LogP contribution in [0.5, 0.6) is 5.75 Å². The fourth-order valence-electron chi connectivity index (χ4n) is 4.87. The maximum Gasteiger partial charge on any atom is 0.335 e. The summed E-state index contributed by atoms with van der Waals surface area (Å²) in [7, 11) is 0. The molecule has 3 aromatic heterocycles. The summed E-state index contributed by atoms with van der Waals surface area (Å²) >= 11 is 8.34. The lowest BCUT2D eigenvalue weighted by Crippen LogP contribution is -2.35. The van der Waals surface area contributed by atoms with Gasteiger partial charge in [-0.25, -0.2) is 14.8 Å². The quantitative estimate of drug-likeness (QED) is 0.142. The van der Waals surface area contributed by atoms with Crippen LogP contribution in [0.4, 0.5) is 5.95 Å². The maximum atomic E-state index is 13.2. The largest absolute Gasteiger partial charge is 0.493 e. The van der Waals surface area contributed by atoms with Crippen LogP contribution in [0.1, 0.15) is 27.2 Å². The Balaban J connectivity index is 1.07. The maximum absolute atomic E-state index is 13.2. The van der Waals surface area contributed by atoms with Crippen LogP contribution in [-0.4, -0.2) is 85.5 Å². The summed E-state index contributed by atoms with van der Waals surface area (Å²) in [6.07, 6.45) is 5.78. The second-order valence-corrected chi connectivity index (χ2v) is 12.8. The Morgan fingerprint density at radius 1 is 1.14 bits per heavy atom. The van der Waals surface area contributed by atoms with Crippen LogP contribution >= 0.6 is 35.3 Å². The van der Waals surface area contributed by atoms with Crippen LogP contribution in [-0.2, 0) is 16.1 Å². The van der Waals surface area contributed by atoms with Crippen molar-refractivity contribution in [2.45, 2.75) is 13.0 Å². The van der Waals surface area contributed by atoms with Crippen LogP contribution < -0.4 is 10.5 Å². The number of carboxylic acid groups (broad SMARTS) is 1. The molecule has 0 saturated carbocycles. The third kappa shape index (κ3) is 6.89. The van der Waals surface area contributed by atoms with Gasteiger partial charge in [0.2, 0.25) is 5.95 Å². The van der Waals surface area contributed by atoms with Gasteiger partial charge in [-0.1, -0.05) is 24.0 Å². The zero-order valence-corrected chi connectivity index (χ0v) is 25.9. The molecule has 0 spiro atoms. The fraction of sp³-hybridized carbons (Fsp3) is 0.267. The Labute approximate surface area is 266 Å². The lowest BCUT2D eigenvalue weighted by atomic mass is 10.1. The SMILES string of the molecule is Nc1ncc2ncc(-c3csc(C=C4SC(=S)N(CCCOc5ccc(C(=O)O)cc5CN5CCOCC5)C4=O)c3)cc2n1. The first kappa shape index (κ1) is 30.1. The van der Waals surface area contributed by atoms with Crippen molar-refractivity contribution in [3.8, 4) is 16.9 Å². The van der Waals surface area contributed by atoms with Gasteiger partial charge in [0.15, 0.2) is 0 Å². The van der Waals surface area contributed by atoms with E-state index < -0.39 is 5.97 Å². The van der Waals surface area contributed by atoms with E-state index in [4.69, 9.17) is 27.4 Å². The molecule has 3 N–H and O–H groups in total. The summed E-state index contributed by atoms with van der Waals surface area (Å²) < 4.78 is 12.0. The normalized spacial score (nSPS) is 16.7. The van der Waals surface area contributed by atoms with E-state index in [1.807, 2.05) is 23.6 Å². The molecule has 2 saturated heterocycles. The van der Waals surface area contributed by atoms with E-state index in [1.165, 1.54) is 23.1 Å². The van der Waals surface area contributed by atoms with E-state index in [0.29, 0.717) is 65.3 Å². The predicted molar refractivity (Wildman–Crippen MR) is 175 cm³/mol. The molecule has 1 amide bonds. The molecule has 2 aliphatic rings. The Morgan fingerprint density at radius 3 is 2.80 bits per heavy atom. The number of nitrogens with two attached hydrogens (primary N) is 1. The first-order chi connectivity index (χ1) is 21.3. The molecule has 2 aliphatic heterocycles. The highest BCUT2D eigenvalue weighted by Gasteiger charge is 2.31. The summed E-state index contributed by atoms with van der Waals surface area (Å²) in [6, 6.07) is 8.83. The molecular formula is C30H28N6O5S3. The fourth-order valence-corrected chi connectivity index (χ4v) is 7.10. The number of carbonyl (C=O) groups is 2. The van der Waals surface area contributed by atoms with E-state index >= 15 is 0 Å². The molecule has 0 radical (unpaired) electrons. The van der Waals surface area contributed by atoms with E-state index in [2.05, 4.69) is 19.9 Å². The average molecular weight is 649 g/mol. The van der Waals surface area contributed by atoms with Crippen molar-refractivity contribution in [3.63, 3.8) is 0 Å². The number of hydrogen-bond donors (Lipinski definition) is 2. The topological polar surface area (TPSA) is 144 Å². The number of carbonyl (C=O) groups excluding carboxylic acids is 1. The average Bonchev–Trinajstić information content (AvgIpc) is 3.59. The molecule has 0 bridgehead atoms. The Morgan fingerprint density at radius 2 is 1.98 bits per heavy atom. The lowest BCUT2D eigenvalue weighted by molar-refractivity contribution is -0.122. The van der Waals surface area contributed by atoms with Crippen LogP contribution in [0.25, 0.3) is 28.2 Å². The number of carboxylic acids is 1. The number of pyridine rings is 1. The summed E-state index contributed by atoms with van der Waals surface area (Å²) in [4.78, 5) is 42.7. The van der Waals surface area contributed by atoms with Gasteiger partial charge in [-0.15, -0.1) is 11.3 Å². The summed E-state index contributed by atoms with van der Waals surface area (Å²) in [6.45, 7) is 4.18. The van der Waals surface area contributed by atoms with Crippen molar-refractivity contribution in [1.29, 1.82) is 0 Å². The highest BCUT2D eigenvalue weighted by atomic mass is 32.2. The smallest absolute Gasteiger partial charge is 0.335 e. The van der Waals surface area contributed by atoms with Crippen LogP contribution in [0, 0.1) is 0 Å². The zero-order valence-electron chi connectivity index (χ0n) is 23.5. The molecular weight excluding hydrogens is 621 g/mol. The van der Waals surface area contributed by atoms with E-state index in [0.717, 1.165) is 34.7 Å². The Kier molecular flexibility index (Phi) is 9.14. The number of nitrogen functional groups attached to an aromatic ring is 1. The number of nitrogens with zero attached hydrogens (tertiary/aromatic N) is 5. The molecule has 4 aromatic rings. The Hall–Kier alpha value is -3.95. The predicted octanol–water partition coefficient (Wildman–Crippen LogP) is 4.54. The number of aromatic nitrogens is 3. The summed E-state index contributed by atoms with van der Waals surface area (Å²) in [5, 5.41) is 11.5. The van der Waals surface area contributed by atoms with Crippen molar-refractivity contribution in [2.24, 2.45) is 0 Å². The molecule has 0 unspecified atom stereocenters. The molecule has 226 valence electrons. The molecule has 14 heteroatoms. The highest BCUT2D eigenvalue weighted by molar-refractivity contribution is 8.26. The summed E-state index contributed by atoms with van der Waals surface area (Å²) in [5.74, 6) is -0.280. The molecule has 0 atom stereocenters. The van der Waals surface area contributed by atoms with E-state index in [-0.39, 0.29) is 17.4 Å². The monoisotopic (exact) mass is 648 g/mol. The van der Waals surface area contributed by atoms with Crippen LogP contribution in [0.3, 0.4) is 0 Å². The summed E-state index contributed by atoms with van der Waals surface area (Å²) in [5.41, 5.74) is 9.94. The molecule has 2 fully saturated rings. The van der Waals surface area contributed by atoms with Crippen molar-refractivity contribution in [3.05, 3.63) is 69.0 Å². The minimum atomic E-state index is -0.979. The molecule has 1 aromatic carbocycles. The van der Waals surface area contributed by atoms with Crippen molar-refractivity contribution >= 4 is 74.6 Å². The van der Waals surface area contributed by atoms with E-state index in [1.54, 1.807) is 35.5 Å². The minimum Gasteiger partial charge on any atom is -0.493 e. The first-order valence-electron chi connectivity index (χ1n) is 13.9. The second kappa shape index (κ2) is 13.4. The first-order valence-corrected chi connectivity index (χ1v) is 16.0. The van der Waals surface area contributed by atoms with Gasteiger partial charge in [-0.3, -0.25) is 19.6 Å². The molecule has 44 heavy (non-hydrogen) atoms. The number of benzene rings is 1. The number of amides is 1. The zero-order chi connectivity index (χ0) is 30.6. The van der Waals surface area contributed by atoms with Gasteiger partial charge in [0.1, 0.15) is 15.6 Å².